The van der Waals surface area contributed by atoms with Crippen LogP contribution in [0.3, 0.4) is 0 Å². The molecule has 0 bridgehead atoms. The molecule has 1 rings (SSSR count). The van der Waals surface area contributed by atoms with Crippen LogP contribution in [0.5, 0.6) is 0 Å². The molecule has 0 fully saturated rings. The van der Waals surface area contributed by atoms with Crippen LogP contribution in [0.2, 0.25) is 0 Å². The molecule has 7 nitrogen and oxygen atoms in total. The van der Waals surface area contributed by atoms with Crippen LogP contribution in [-0.2, 0) is 11.3 Å². The Morgan fingerprint density at radius 3 is 2.55 bits per heavy atom. The zero-order valence-corrected chi connectivity index (χ0v) is 12.3. The van der Waals surface area contributed by atoms with E-state index < -0.39 is 0 Å². The molecule has 0 saturated heterocycles. The van der Waals surface area contributed by atoms with Gasteiger partial charge in [0.25, 0.3) is 5.91 Å². The van der Waals surface area contributed by atoms with Crippen LogP contribution in [0, 0.1) is 6.92 Å². The van der Waals surface area contributed by atoms with E-state index in [1.165, 1.54) is 0 Å². The molecule has 0 aliphatic carbocycles. The number of hydrogen-bond donors (Lipinski definition) is 3. The van der Waals surface area contributed by atoms with E-state index in [0.29, 0.717) is 30.2 Å². The highest BCUT2D eigenvalue weighted by molar-refractivity contribution is 5.98. The third kappa shape index (κ3) is 3.97. The molecule has 0 aromatic carbocycles. The highest BCUT2D eigenvalue weighted by Gasteiger charge is 2.18. The van der Waals surface area contributed by atoms with E-state index in [1.807, 2.05) is 13.8 Å². The van der Waals surface area contributed by atoms with Gasteiger partial charge in [0.2, 0.25) is 5.91 Å². The first-order valence-corrected chi connectivity index (χ1v) is 6.89. The zero-order chi connectivity index (χ0) is 15.1. The number of amides is 2. The van der Waals surface area contributed by atoms with Crippen LogP contribution in [0.25, 0.3) is 0 Å². The first-order chi connectivity index (χ1) is 9.51. The number of nitrogens with zero attached hydrogens (tertiary/aromatic N) is 2. The summed E-state index contributed by atoms with van der Waals surface area (Å²) in [5.41, 5.74) is 7.24. The summed E-state index contributed by atoms with van der Waals surface area (Å²) in [5.74, 6) is -0.367. The second-order valence-corrected chi connectivity index (χ2v) is 4.52. The Bertz CT molecular complexity index is 481. The number of nitrogens with two attached hydrogens (primary N) is 1. The number of carbonyl (C=O) groups excluding carboxylic acids is 2. The topological polar surface area (TPSA) is 102 Å². The molecule has 112 valence electrons. The summed E-state index contributed by atoms with van der Waals surface area (Å²) < 4.78 is 1.57. The van der Waals surface area contributed by atoms with Crippen molar-refractivity contribution in [3.63, 3.8) is 0 Å². The van der Waals surface area contributed by atoms with E-state index in [9.17, 15) is 9.59 Å². The van der Waals surface area contributed by atoms with Crippen molar-refractivity contribution < 1.29 is 9.59 Å². The lowest BCUT2D eigenvalue weighted by atomic mass is 10.3. The van der Waals surface area contributed by atoms with Gasteiger partial charge >= 0.3 is 0 Å². The number of nitrogen functional groups attached to an aromatic ring is 1. The number of hydrogen-bond acceptors (Lipinski definition) is 4. The van der Waals surface area contributed by atoms with Crippen molar-refractivity contribution in [1.29, 1.82) is 0 Å². The van der Waals surface area contributed by atoms with Gasteiger partial charge in [-0.15, -0.1) is 0 Å². The van der Waals surface area contributed by atoms with E-state index in [2.05, 4.69) is 15.7 Å². The van der Waals surface area contributed by atoms with E-state index in [1.54, 1.807) is 11.6 Å². The molecule has 0 aliphatic rings. The van der Waals surface area contributed by atoms with E-state index >= 15 is 0 Å². The Morgan fingerprint density at radius 1 is 1.25 bits per heavy atom. The zero-order valence-electron chi connectivity index (χ0n) is 12.3. The van der Waals surface area contributed by atoms with Gasteiger partial charge in [0.15, 0.2) is 0 Å². The van der Waals surface area contributed by atoms with Gasteiger partial charge in [-0.1, -0.05) is 6.92 Å². The van der Waals surface area contributed by atoms with Gasteiger partial charge < -0.3 is 16.4 Å². The predicted octanol–water partition coefficient (Wildman–Crippen LogP) is 0.440. The fraction of sp³-hybridized carbons (Fsp3) is 0.615. The van der Waals surface area contributed by atoms with Gasteiger partial charge in [0.05, 0.1) is 11.4 Å². The Kier molecular flexibility index (Phi) is 6.02. The Balaban J connectivity index is 2.53. The molecule has 2 amide bonds. The van der Waals surface area contributed by atoms with Crippen LogP contribution >= 0.6 is 0 Å². The maximum atomic E-state index is 12.1. The predicted molar refractivity (Wildman–Crippen MR) is 77.3 cm³/mol. The van der Waals surface area contributed by atoms with Crippen molar-refractivity contribution >= 4 is 17.5 Å². The minimum absolute atomic E-state index is 0.0692. The molecule has 0 aliphatic heterocycles. The van der Waals surface area contributed by atoms with Gasteiger partial charge in [-0.3, -0.25) is 14.3 Å². The highest BCUT2D eigenvalue weighted by Crippen LogP contribution is 2.15. The maximum absolute atomic E-state index is 12.1. The quantitative estimate of drug-likeness (QED) is 0.675. The first-order valence-electron chi connectivity index (χ1n) is 6.89. The number of nitrogens with one attached hydrogen (secondary N) is 2. The largest absolute Gasteiger partial charge is 0.395 e. The smallest absolute Gasteiger partial charge is 0.271 e. The molecule has 0 radical (unpaired) electrons. The van der Waals surface area contributed by atoms with Crippen LogP contribution in [0.1, 0.15) is 42.9 Å². The molecule has 0 atom stereocenters. The van der Waals surface area contributed by atoms with Crippen LogP contribution in [0.15, 0.2) is 0 Å². The van der Waals surface area contributed by atoms with Crippen molar-refractivity contribution in [2.24, 2.45) is 0 Å². The number of carbonyl (C=O) groups is 2. The Hall–Kier alpha value is -2.05. The van der Waals surface area contributed by atoms with Crippen molar-refractivity contribution in [3.8, 4) is 0 Å². The number of anilines is 1. The lowest BCUT2D eigenvalue weighted by Gasteiger charge is -2.08. The average Bonchev–Trinajstić information content (AvgIpc) is 2.71. The minimum atomic E-state index is -0.298. The highest BCUT2D eigenvalue weighted by atomic mass is 16.2. The Morgan fingerprint density at radius 2 is 1.95 bits per heavy atom. The van der Waals surface area contributed by atoms with E-state index in [4.69, 9.17) is 5.73 Å². The molecule has 7 heteroatoms. The molecule has 0 unspecified atom stereocenters. The van der Waals surface area contributed by atoms with Crippen LogP contribution in [0.4, 0.5) is 5.69 Å². The summed E-state index contributed by atoms with van der Waals surface area (Å²) in [6.07, 6.45) is 1.15. The molecular weight excluding hydrogens is 258 g/mol. The van der Waals surface area contributed by atoms with Gasteiger partial charge in [-0.05, 0) is 20.3 Å². The second-order valence-electron chi connectivity index (χ2n) is 4.52. The third-order valence-electron chi connectivity index (χ3n) is 2.90. The molecular formula is C13H23N5O2. The second kappa shape index (κ2) is 7.52. The van der Waals surface area contributed by atoms with Gasteiger partial charge in [-0.25, -0.2) is 0 Å². The number of rotatable bonds is 7. The monoisotopic (exact) mass is 281 g/mol. The molecule has 1 aromatic rings. The lowest BCUT2D eigenvalue weighted by molar-refractivity contribution is -0.120. The first kappa shape index (κ1) is 16.0. The third-order valence-corrected chi connectivity index (χ3v) is 2.90. The van der Waals surface area contributed by atoms with Gasteiger partial charge in [0, 0.05) is 26.1 Å². The van der Waals surface area contributed by atoms with Gasteiger partial charge in [-0.2, -0.15) is 5.10 Å². The van der Waals surface area contributed by atoms with Crippen molar-refractivity contribution in [3.05, 3.63) is 11.4 Å². The van der Waals surface area contributed by atoms with Crippen LogP contribution < -0.4 is 16.4 Å². The van der Waals surface area contributed by atoms with Gasteiger partial charge in [0.1, 0.15) is 5.69 Å². The molecule has 0 spiro atoms. The van der Waals surface area contributed by atoms with Crippen molar-refractivity contribution in [2.45, 2.75) is 40.2 Å². The van der Waals surface area contributed by atoms with Crippen molar-refractivity contribution in [1.82, 2.24) is 20.4 Å². The summed E-state index contributed by atoms with van der Waals surface area (Å²) in [7, 11) is 0. The molecule has 1 heterocycles. The SMILES string of the molecule is CCCNC(=O)CCNC(=O)c1c(N)c(C)nn1CC. The van der Waals surface area contributed by atoms with E-state index in [0.717, 1.165) is 6.42 Å². The lowest BCUT2D eigenvalue weighted by Crippen LogP contribution is -2.32. The fourth-order valence-corrected chi connectivity index (χ4v) is 1.79. The number of aromatic nitrogens is 2. The molecule has 1 aromatic heterocycles. The molecule has 0 saturated carbocycles. The minimum Gasteiger partial charge on any atom is -0.395 e. The van der Waals surface area contributed by atoms with E-state index in [-0.39, 0.29) is 24.8 Å². The molecule has 4 N–H and O–H groups in total. The standard InChI is InChI=1S/C13H23N5O2/c1-4-7-15-10(19)6-8-16-13(20)12-11(14)9(3)17-18(12)5-2/h4-8,14H2,1-3H3,(H,15,19)(H,16,20). The summed E-state index contributed by atoms with van der Waals surface area (Å²) in [5, 5.41) is 9.63. The summed E-state index contributed by atoms with van der Waals surface area (Å²) in [4.78, 5) is 23.5. The van der Waals surface area contributed by atoms with Crippen LogP contribution in [-0.4, -0.2) is 34.7 Å². The summed E-state index contributed by atoms with van der Waals surface area (Å²) in [6, 6.07) is 0. The Labute approximate surface area is 118 Å². The summed E-state index contributed by atoms with van der Waals surface area (Å²) in [6.45, 7) is 7.14. The van der Waals surface area contributed by atoms with Crippen molar-refractivity contribution in [2.75, 3.05) is 18.8 Å². The normalized spacial score (nSPS) is 10.3. The summed E-state index contributed by atoms with van der Waals surface area (Å²) >= 11 is 0. The maximum Gasteiger partial charge on any atom is 0.271 e. The number of aryl methyl sites for hydroxylation is 2. The average molecular weight is 281 g/mol. The molecule has 20 heavy (non-hydrogen) atoms. The fourth-order valence-electron chi connectivity index (χ4n) is 1.79.